The van der Waals surface area contributed by atoms with Crippen LogP contribution >= 0.6 is 0 Å². The number of benzene rings is 1. The number of carbonyl (C=O) groups excluding carboxylic acids is 1. The fourth-order valence-electron chi connectivity index (χ4n) is 1.69. The summed E-state index contributed by atoms with van der Waals surface area (Å²) >= 11 is 0. The van der Waals surface area contributed by atoms with Crippen molar-refractivity contribution in [1.82, 2.24) is 4.98 Å². The molecule has 1 aromatic carbocycles. The normalized spacial score (nSPS) is 9.68. The summed E-state index contributed by atoms with van der Waals surface area (Å²) in [6.45, 7) is 0. The molecule has 0 aliphatic carbocycles. The van der Waals surface area contributed by atoms with Gasteiger partial charge < -0.3 is 4.90 Å². The van der Waals surface area contributed by atoms with Crippen LogP contribution in [0.5, 0.6) is 0 Å². The molecule has 0 spiro atoms. The molecule has 0 saturated heterocycles. The van der Waals surface area contributed by atoms with Crippen molar-refractivity contribution in [2.24, 2.45) is 0 Å². The van der Waals surface area contributed by atoms with Crippen molar-refractivity contribution in [1.29, 1.82) is 5.26 Å². The Labute approximate surface area is 111 Å². The number of hydrogen-bond acceptors (Lipinski definition) is 3. The van der Waals surface area contributed by atoms with Gasteiger partial charge in [0.2, 0.25) is 5.91 Å². The third-order valence-corrected chi connectivity index (χ3v) is 2.85. The van der Waals surface area contributed by atoms with Gasteiger partial charge in [0.25, 0.3) is 0 Å². The van der Waals surface area contributed by atoms with Crippen molar-refractivity contribution < 1.29 is 4.79 Å². The molecule has 2 aromatic rings. The molecule has 0 N–H and O–H groups in total. The number of rotatable bonds is 3. The van der Waals surface area contributed by atoms with E-state index in [9.17, 15) is 4.79 Å². The van der Waals surface area contributed by atoms with Gasteiger partial charge in [0, 0.05) is 13.2 Å². The van der Waals surface area contributed by atoms with E-state index in [1.54, 1.807) is 54.7 Å². The Hall–Kier alpha value is -2.67. The molecule has 0 fully saturated rings. The van der Waals surface area contributed by atoms with Crippen LogP contribution in [0.15, 0.2) is 48.8 Å². The Balaban J connectivity index is 2.06. The van der Waals surface area contributed by atoms with Gasteiger partial charge in [0.1, 0.15) is 0 Å². The molecule has 2 rings (SSSR count). The lowest BCUT2D eigenvalue weighted by Gasteiger charge is -2.16. The van der Waals surface area contributed by atoms with Gasteiger partial charge >= 0.3 is 0 Å². The van der Waals surface area contributed by atoms with Crippen LogP contribution in [0.2, 0.25) is 0 Å². The number of hydrogen-bond donors (Lipinski definition) is 0. The largest absolute Gasteiger partial charge is 0.314 e. The molecule has 19 heavy (non-hydrogen) atoms. The van der Waals surface area contributed by atoms with E-state index in [-0.39, 0.29) is 5.91 Å². The second-order valence-electron chi connectivity index (χ2n) is 4.15. The number of nitrogens with zero attached hydrogens (tertiary/aromatic N) is 3. The highest BCUT2D eigenvalue weighted by Crippen LogP contribution is 2.12. The highest BCUT2D eigenvalue weighted by Gasteiger charge is 2.11. The molecule has 4 heteroatoms. The average Bonchev–Trinajstić information content (AvgIpc) is 2.48. The van der Waals surface area contributed by atoms with Crippen LogP contribution in [0.3, 0.4) is 0 Å². The molecule has 0 aliphatic rings. The van der Waals surface area contributed by atoms with Crippen molar-refractivity contribution in [2.45, 2.75) is 6.42 Å². The zero-order valence-corrected chi connectivity index (χ0v) is 10.6. The Morgan fingerprint density at radius 3 is 2.63 bits per heavy atom. The van der Waals surface area contributed by atoms with E-state index in [1.165, 1.54) is 0 Å². The van der Waals surface area contributed by atoms with Gasteiger partial charge in [-0.1, -0.05) is 12.1 Å². The third-order valence-electron chi connectivity index (χ3n) is 2.85. The molecular weight excluding hydrogens is 238 g/mol. The van der Waals surface area contributed by atoms with Crippen molar-refractivity contribution >= 4 is 11.6 Å². The predicted octanol–water partition coefficient (Wildman–Crippen LogP) is 2.16. The van der Waals surface area contributed by atoms with Gasteiger partial charge in [-0.05, 0) is 29.8 Å². The lowest BCUT2D eigenvalue weighted by atomic mass is 10.1. The summed E-state index contributed by atoms with van der Waals surface area (Å²) in [4.78, 5) is 17.7. The molecule has 1 heterocycles. The first-order chi connectivity index (χ1) is 9.20. The Kier molecular flexibility index (Phi) is 3.89. The van der Waals surface area contributed by atoms with Gasteiger partial charge in [0.15, 0.2) is 0 Å². The van der Waals surface area contributed by atoms with Crippen LogP contribution in [0, 0.1) is 11.3 Å². The van der Waals surface area contributed by atoms with Crippen LogP contribution in [0.4, 0.5) is 5.69 Å². The van der Waals surface area contributed by atoms with E-state index in [0.29, 0.717) is 12.0 Å². The van der Waals surface area contributed by atoms with Crippen molar-refractivity contribution in [3.05, 3.63) is 59.9 Å². The second kappa shape index (κ2) is 5.78. The van der Waals surface area contributed by atoms with Crippen molar-refractivity contribution in [2.75, 3.05) is 11.9 Å². The summed E-state index contributed by atoms with van der Waals surface area (Å²) in [5.41, 5.74) is 2.25. The predicted molar refractivity (Wildman–Crippen MR) is 72.5 cm³/mol. The number of amides is 1. The molecule has 1 amide bonds. The maximum Gasteiger partial charge on any atom is 0.231 e. The fourth-order valence-corrected chi connectivity index (χ4v) is 1.69. The average molecular weight is 251 g/mol. The fraction of sp³-hybridized carbons (Fsp3) is 0.133. The highest BCUT2D eigenvalue weighted by atomic mass is 16.2. The Bertz CT molecular complexity index is 600. The number of carbonyl (C=O) groups is 1. The quantitative estimate of drug-likeness (QED) is 0.840. The maximum absolute atomic E-state index is 12.1. The molecular formula is C15H13N3O. The standard InChI is InChI=1S/C15H13N3O/c1-18(14-3-2-8-17-11-14)15(19)9-12-4-6-13(10-16)7-5-12/h2-8,11H,9H2,1H3. The van der Waals surface area contributed by atoms with E-state index in [2.05, 4.69) is 11.1 Å². The molecule has 0 saturated carbocycles. The molecule has 1 aromatic heterocycles. The maximum atomic E-state index is 12.1. The van der Waals surface area contributed by atoms with Crippen LogP contribution in [0.1, 0.15) is 11.1 Å². The van der Waals surface area contributed by atoms with Gasteiger partial charge in [0.05, 0.1) is 29.9 Å². The number of likely N-dealkylation sites (N-methyl/N-ethyl adjacent to an activating group) is 1. The molecule has 0 radical (unpaired) electrons. The lowest BCUT2D eigenvalue weighted by Crippen LogP contribution is -2.27. The van der Waals surface area contributed by atoms with E-state index >= 15 is 0 Å². The second-order valence-corrected chi connectivity index (χ2v) is 4.15. The van der Waals surface area contributed by atoms with E-state index in [0.717, 1.165) is 11.3 Å². The minimum Gasteiger partial charge on any atom is -0.314 e. The molecule has 0 bridgehead atoms. The summed E-state index contributed by atoms with van der Waals surface area (Å²) in [7, 11) is 1.73. The summed E-state index contributed by atoms with van der Waals surface area (Å²) in [5, 5.41) is 8.72. The van der Waals surface area contributed by atoms with E-state index < -0.39 is 0 Å². The highest BCUT2D eigenvalue weighted by molar-refractivity contribution is 5.94. The van der Waals surface area contributed by atoms with Crippen LogP contribution < -0.4 is 4.90 Å². The smallest absolute Gasteiger partial charge is 0.231 e. The van der Waals surface area contributed by atoms with Gasteiger partial charge in [-0.2, -0.15) is 5.26 Å². The van der Waals surface area contributed by atoms with Crippen LogP contribution in [-0.4, -0.2) is 17.9 Å². The molecule has 0 aliphatic heterocycles. The van der Waals surface area contributed by atoms with Gasteiger partial charge in [-0.3, -0.25) is 9.78 Å². The van der Waals surface area contributed by atoms with Gasteiger partial charge in [-0.25, -0.2) is 0 Å². The minimum absolute atomic E-state index is 0.0160. The van der Waals surface area contributed by atoms with Crippen molar-refractivity contribution in [3.63, 3.8) is 0 Å². The Morgan fingerprint density at radius 2 is 2.05 bits per heavy atom. The third kappa shape index (κ3) is 3.17. The number of pyridine rings is 1. The first-order valence-corrected chi connectivity index (χ1v) is 5.86. The topological polar surface area (TPSA) is 57.0 Å². The molecule has 0 atom stereocenters. The van der Waals surface area contributed by atoms with Crippen molar-refractivity contribution in [3.8, 4) is 6.07 Å². The molecule has 94 valence electrons. The SMILES string of the molecule is CN(C(=O)Cc1ccc(C#N)cc1)c1cccnc1. The van der Waals surface area contributed by atoms with Crippen LogP contribution in [0.25, 0.3) is 0 Å². The van der Waals surface area contributed by atoms with Crippen LogP contribution in [-0.2, 0) is 11.2 Å². The summed E-state index contributed by atoms with van der Waals surface area (Å²) in [5.74, 6) is -0.0160. The van der Waals surface area contributed by atoms with Gasteiger partial charge in [-0.15, -0.1) is 0 Å². The molecule has 0 unspecified atom stereocenters. The monoisotopic (exact) mass is 251 g/mol. The van der Waals surface area contributed by atoms with E-state index in [4.69, 9.17) is 5.26 Å². The first kappa shape index (κ1) is 12.8. The lowest BCUT2D eigenvalue weighted by molar-refractivity contribution is -0.117. The Morgan fingerprint density at radius 1 is 1.32 bits per heavy atom. The zero-order chi connectivity index (χ0) is 13.7. The summed E-state index contributed by atoms with van der Waals surface area (Å²) < 4.78 is 0. The molecule has 4 nitrogen and oxygen atoms in total. The number of aromatic nitrogens is 1. The van der Waals surface area contributed by atoms with E-state index in [1.807, 2.05) is 6.07 Å². The zero-order valence-electron chi connectivity index (χ0n) is 10.6. The number of anilines is 1. The first-order valence-electron chi connectivity index (χ1n) is 5.86. The summed E-state index contributed by atoms with van der Waals surface area (Å²) in [6, 6.07) is 12.7. The minimum atomic E-state index is -0.0160. The summed E-state index contributed by atoms with van der Waals surface area (Å²) in [6.07, 6.45) is 3.62. The number of nitriles is 1.